The summed E-state index contributed by atoms with van der Waals surface area (Å²) in [5.74, 6) is 1.07. The van der Waals surface area contributed by atoms with Crippen LogP contribution in [0.2, 0.25) is 0 Å². The fourth-order valence-electron chi connectivity index (χ4n) is 1.61. The van der Waals surface area contributed by atoms with Gasteiger partial charge in [0.15, 0.2) is 11.6 Å². The summed E-state index contributed by atoms with van der Waals surface area (Å²) in [6, 6.07) is 6.55. The Morgan fingerprint density at radius 2 is 2.21 bits per heavy atom. The number of ether oxygens (including phenoxy) is 1. The molecule has 0 fully saturated rings. The van der Waals surface area contributed by atoms with Crippen LogP contribution >= 0.6 is 0 Å². The Kier molecular flexibility index (Phi) is 4.25. The van der Waals surface area contributed by atoms with E-state index in [1.807, 2.05) is 0 Å². The molecule has 2 aromatic rings. The third-order valence-corrected chi connectivity index (χ3v) is 2.58. The Morgan fingerprint density at radius 3 is 2.89 bits per heavy atom. The molecule has 1 heterocycles. The van der Waals surface area contributed by atoms with Crippen LogP contribution in [0, 0.1) is 5.82 Å². The Hall–Kier alpha value is -2.21. The van der Waals surface area contributed by atoms with Gasteiger partial charge in [-0.25, -0.2) is 14.4 Å². The molecule has 0 aliphatic rings. The average Bonchev–Trinajstić information content (AvgIpc) is 2.45. The minimum absolute atomic E-state index is 0.233. The van der Waals surface area contributed by atoms with Crippen molar-refractivity contribution in [2.24, 2.45) is 5.73 Å². The maximum Gasteiger partial charge on any atom is 0.165 e. The standard InChI is InChI=1S/C13H15FN4O/c1-19-11-3-2-9(6-10(11)14)8-17-12-4-5-16-13(7-15)18-12/h2-6H,7-8,15H2,1H3,(H,16,17,18). The van der Waals surface area contributed by atoms with Gasteiger partial charge in [-0.1, -0.05) is 6.07 Å². The molecule has 1 aromatic carbocycles. The molecule has 0 aliphatic heterocycles. The van der Waals surface area contributed by atoms with Crippen LogP contribution in [0.15, 0.2) is 30.5 Å². The van der Waals surface area contributed by atoms with Gasteiger partial charge in [-0.05, 0) is 23.8 Å². The highest BCUT2D eigenvalue weighted by Gasteiger charge is 2.04. The van der Waals surface area contributed by atoms with Crippen molar-refractivity contribution in [3.63, 3.8) is 0 Å². The summed E-state index contributed by atoms with van der Waals surface area (Å²) in [5.41, 5.74) is 6.26. The van der Waals surface area contributed by atoms with Crippen LogP contribution in [-0.2, 0) is 13.1 Å². The zero-order chi connectivity index (χ0) is 13.7. The first-order valence-corrected chi connectivity index (χ1v) is 5.81. The molecule has 0 saturated carbocycles. The largest absolute Gasteiger partial charge is 0.494 e. The second kappa shape index (κ2) is 6.10. The summed E-state index contributed by atoms with van der Waals surface area (Å²) in [5, 5.41) is 3.09. The van der Waals surface area contributed by atoms with E-state index in [4.69, 9.17) is 10.5 Å². The van der Waals surface area contributed by atoms with Gasteiger partial charge >= 0.3 is 0 Å². The molecule has 100 valence electrons. The minimum atomic E-state index is -0.382. The second-order valence-corrected chi connectivity index (χ2v) is 3.88. The van der Waals surface area contributed by atoms with Gasteiger partial charge in [0.2, 0.25) is 0 Å². The molecule has 0 spiro atoms. The molecule has 0 bridgehead atoms. The van der Waals surface area contributed by atoms with E-state index in [0.29, 0.717) is 18.2 Å². The number of aromatic nitrogens is 2. The van der Waals surface area contributed by atoms with Crippen LogP contribution < -0.4 is 15.8 Å². The van der Waals surface area contributed by atoms with Crippen molar-refractivity contribution in [2.45, 2.75) is 13.1 Å². The van der Waals surface area contributed by atoms with Gasteiger partial charge in [0.25, 0.3) is 0 Å². The predicted molar refractivity (Wildman–Crippen MR) is 70.2 cm³/mol. The van der Waals surface area contributed by atoms with Crippen LogP contribution in [0.4, 0.5) is 10.2 Å². The molecular formula is C13H15FN4O. The Morgan fingerprint density at radius 1 is 1.37 bits per heavy atom. The molecule has 5 nitrogen and oxygen atoms in total. The van der Waals surface area contributed by atoms with Crippen molar-refractivity contribution in [3.8, 4) is 5.75 Å². The summed E-state index contributed by atoms with van der Waals surface area (Å²) in [6.45, 7) is 0.745. The van der Waals surface area contributed by atoms with E-state index >= 15 is 0 Å². The summed E-state index contributed by atoms with van der Waals surface area (Å²) in [6.07, 6.45) is 1.63. The zero-order valence-corrected chi connectivity index (χ0v) is 10.6. The highest BCUT2D eigenvalue weighted by molar-refractivity contribution is 5.36. The number of benzene rings is 1. The van der Waals surface area contributed by atoms with Crippen LogP contribution in [0.5, 0.6) is 5.75 Å². The highest BCUT2D eigenvalue weighted by Crippen LogP contribution is 2.18. The van der Waals surface area contributed by atoms with Crippen molar-refractivity contribution in [1.82, 2.24) is 9.97 Å². The van der Waals surface area contributed by atoms with E-state index in [9.17, 15) is 4.39 Å². The lowest BCUT2D eigenvalue weighted by Gasteiger charge is -2.08. The van der Waals surface area contributed by atoms with Crippen LogP contribution in [0.1, 0.15) is 11.4 Å². The summed E-state index contributed by atoms with van der Waals surface area (Å²) in [7, 11) is 1.44. The molecule has 0 radical (unpaired) electrons. The molecule has 0 aliphatic carbocycles. The first-order valence-electron chi connectivity index (χ1n) is 5.81. The fraction of sp³-hybridized carbons (Fsp3) is 0.231. The van der Waals surface area contributed by atoms with E-state index < -0.39 is 0 Å². The monoisotopic (exact) mass is 262 g/mol. The number of hydrogen-bond acceptors (Lipinski definition) is 5. The lowest BCUT2D eigenvalue weighted by Crippen LogP contribution is -2.07. The van der Waals surface area contributed by atoms with E-state index in [0.717, 1.165) is 5.56 Å². The number of nitrogens with zero attached hydrogens (tertiary/aromatic N) is 2. The molecule has 3 N–H and O–H groups in total. The Balaban J connectivity index is 2.03. The molecule has 0 atom stereocenters. The first kappa shape index (κ1) is 13.2. The summed E-state index contributed by atoms with van der Waals surface area (Å²) in [4.78, 5) is 8.19. The van der Waals surface area contributed by atoms with E-state index in [1.165, 1.54) is 13.2 Å². The number of methoxy groups -OCH3 is 1. The minimum Gasteiger partial charge on any atom is -0.494 e. The van der Waals surface area contributed by atoms with Gasteiger partial charge < -0.3 is 15.8 Å². The third-order valence-electron chi connectivity index (χ3n) is 2.58. The molecule has 0 unspecified atom stereocenters. The zero-order valence-electron chi connectivity index (χ0n) is 10.6. The lowest BCUT2D eigenvalue weighted by molar-refractivity contribution is 0.386. The number of nitrogens with two attached hydrogens (primary N) is 1. The van der Waals surface area contributed by atoms with Gasteiger partial charge in [0.05, 0.1) is 13.7 Å². The van der Waals surface area contributed by atoms with Crippen molar-refractivity contribution in [3.05, 3.63) is 47.7 Å². The topological polar surface area (TPSA) is 73.1 Å². The molecule has 0 saturated heterocycles. The number of anilines is 1. The van der Waals surface area contributed by atoms with Crippen LogP contribution in [0.25, 0.3) is 0 Å². The van der Waals surface area contributed by atoms with Crippen molar-refractivity contribution >= 4 is 5.82 Å². The van der Waals surface area contributed by atoms with Crippen LogP contribution in [0.3, 0.4) is 0 Å². The number of halogens is 1. The van der Waals surface area contributed by atoms with E-state index in [-0.39, 0.29) is 18.1 Å². The summed E-state index contributed by atoms with van der Waals surface area (Å²) >= 11 is 0. The van der Waals surface area contributed by atoms with Gasteiger partial charge in [0.1, 0.15) is 11.6 Å². The number of nitrogens with one attached hydrogen (secondary N) is 1. The van der Waals surface area contributed by atoms with Crippen molar-refractivity contribution in [1.29, 1.82) is 0 Å². The Bertz CT molecular complexity index is 562. The Labute approximate surface area is 110 Å². The maximum atomic E-state index is 13.5. The molecule has 1 aromatic heterocycles. The highest BCUT2D eigenvalue weighted by atomic mass is 19.1. The van der Waals surface area contributed by atoms with E-state index in [2.05, 4.69) is 15.3 Å². The molecule has 19 heavy (non-hydrogen) atoms. The SMILES string of the molecule is COc1ccc(CNc2ccnc(CN)n2)cc1F. The normalized spacial score (nSPS) is 10.3. The van der Waals surface area contributed by atoms with Gasteiger partial charge in [-0.3, -0.25) is 0 Å². The van der Waals surface area contributed by atoms with Crippen molar-refractivity contribution < 1.29 is 9.13 Å². The van der Waals surface area contributed by atoms with Gasteiger partial charge in [-0.15, -0.1) is 0 Å². The van der Waals surface area contributed by atoms with Gasteiger partial charge in [-0.2, -0.15) is 0 Å². The molecule has 6 heteroatoms. The fourth-order valence-corrected chi connectivity index (χ4v) is 1.61. The molecular weight excluding hydrogens is 247 g/mol. The van der Waals surface area contributed by atoms with Crippen LogP contribution in [-0.4, -0.2) is 17.1 Å². The van der Waals surface area contributed by atoms with E-state index in [1.54, 1.807) is 24.4 Å². The number of rotatable bonds is 5. The smallest absolute Gasteiger partial charge is 0.165 e. The predicted octanol–water partition coefficient (Wildman–Crippen LogP) is 1.70. The quantitative estimate of drug-likeness (QED) is 0.858. The molecule has 2 rings (SSSR count). The number of hydrogen-bond donors (Lipinski definition) is 2. The lowest BCUT2D eigenvalue weighted by atomic mass is 10.2. The first-order chi connectivity index (χ1) is 9.22. The van der Waals surface area contributed by atoms with Gasteiger partial charge in [0, 0.05) is 12.7 Å². The maximum absolute atomic E-state index is 13.5. The second-order valence-electron chi connectivity index (χ2n) is 3.88. The average molecular weight is 262 g/mol. The third kappa shape index (κ3) is 3.38. The molecule has 0 amide bonds. The summed E-state index contributed by atoms with van der Waals surface area (Å²) < 4.78 is 18.4. The van der Waals surface area contributed by atoms with Crippen molar-refractivity contribution in [2.75, 3.05) is 12.4 Å².